The molecule has 0 amide bonds. The molecule has 0 saturated heterocycles. The molecular formula is C17H23N3S. The van der Waals surface area contributed by atoms with Crippen molar-refractivity contribution in [3.8, 4) is 0 Å². The molecule has 0 aliphatic heterocycles. The molecule has 4 heteroatoms. The lowest BCUT2D eigenvalue weighted by molar-refractivity contribution is 0.803. The van der Waals surface area contributed by atoms with Gasteiger partial charge in [0.25, 0.3) is 0 Å². The highest BCUT2D eigenvalue weighted by molar-refractivity contribution is 7.99. The molecule has 2 rings (SSSR count). The third-order valence-electron chi connectivity index (χ3n) is 3.46. The number of hydrogen-bond acceptors (Lipinski definition) is 4. The van der Waals surface area contributed by atoms with E-state index in [0.717, 1.165) is 17.4 Å². The lowest BCUT2D eigenvalue weighted by atomic mass is 10.1. The predicted molar refractivity (Wildman–Crippen MR) is 90.3 cm³/mol. The summed E-state index contributed by atoms with van der Waals surface area (Å²) in [5, 5.41) is 4.38. The van der Waals surface area contributed by atoms with Crippen LogP contribution in [0.5, 0.6) is 0 Å². The lowest BCUT2D eigenvalue weighted by Crippen LogP contribution is -2.07. The number of aromatic nitrogens is 2. The van der Waals surface area contributed by atoms with E-state index in [1.54, 1.807) is 18.1 Å². The molecule has 112 valence electrons. The second kappa shape index (κ2) is 6.94. The van der Waals surface area contributed by atoms with Crippen LogP contribution < -0.4 is 5.32 Å². The van der Waals surface area contributed by atoms with Gasteiger partial charge < -0.3 is 5.32 Å². The van der Waals surface area contributed by atoms with E-state index >= 15 is 0 Å². The highest BCUT2D eigenvalue weighted by atomic mass is 32.2. The first-order valence-electron chi connectivity index (χ1n) is 7.36. The van der Waals surface area contributed by atoms with Crippen molar-refractivity contribution in [1.29, 1.82) is 0 Å². The van der Waals surface area contributed by atoms with Crippen molar-refractivity contribution >= 4 is 17.6 Å². The van der Waals surface area contributed by atoms with Crippen molar-refractivity contribution in [2.75, 3.05) is 11.9 Å². The third-order valence-corrected chi connectivity index (χ3v) is 4.47. The van der Waals surface area contributed by atoms with E-state index in [1.807, 2.05) is 0 Å². The molecule has 0 radical (unpaired) electrons. The van der Waals surface area contributed by atoms with E-state index in [1.165, 1.54) is 21.6 Å². The number of aryl methyl sites for hydroxylation is 2. The fourth-order valence-corrected chi connectivity index (χ4v) is 3.32. The van der Waals surface area contributed by atoms with Gasteiger partial charge in [-0.3, -0.25) is 0 Å². The molecule has 1 heterocycles. The molecular weight excluding hydrogens is 278 g/mol. The number of rotatable bonds is 5. The molecule has 0 fully saturated rings. The van der Waals surface area contributed by atoms with Crippen LogP contribution in [0, 0.1) is 13.8 Å². The summed E-state index contributed by atoms with van der Waals surface area (Å²) in [6.07, 6.45) is 1.65. The Morgan fingerprint density at radius 2 is 1.90 bits per heavy atom. The van der Waals surface area contributed by atoms with E-state index < -0.39 is 0 Å². The average Bonchev–Trinajstić information content (AvgIpc) is 2.43. The van der Waals surface area contributed by atoms with Crippen molar-refractivity contribution in [1.82, 2.24) is 9.97 Å². The van der Waals surface area contributed by atoms with Gasteiger partial charge in [-0.05, 0) is 49.9 Å². The zero-order valence-corrected chi connectivity index (χ0v) is 14.2. The van der Waals surface area contributed by atoms with Crippen LogP contribution in [0.2, 0.25) is 0 Å². The third kappa shape index (κ3) is 3.76. The monoisotopic (exact) mass is 301 g/mol. The van der Waals surface area contributed by atoms with Crippen LogP contribution in [-0.2, 0) is 0 Å². The maximum atomic E-state index is 4.50. The van der Waals surface area contributed by atoms with Gasteiger partial charge in [-0.1, -0.05) is 31.7 Å². The maximum Gasteiger partial charge on any atom is 0.133 e. The number of hydrogen-bond donors (Lipinski definition) is 1. The van der Waals surface area contributed by atoms with Gasteiger partial charge in [0.2, 0.25) is 0 Å². The highest BCUT2D eigenvalue weighted by Crippen LogP contribution is 2.35. The second-order valence-electron chi connectivity index (χ2n) is 5.47. The van der Waals surface area contributed by atoms with Gasteiger partial charge >= 0.3 is 0 Å². The Bertz CT molecular complexity index is 623. The molecule has 0 aliphatic carbocycles. The molecule has 3 nitrogen and oxygen atoms in total. The average molecular weight is 301 g/mol. The first kappa shape index (κ1) is 15.8. The molecule has 1 N–H and O–H groups in total. The van der Waals surface area contributed by atoms with E-state index in [-0.39, 0.29) is 0 Å². The molecule has 1 aromatic carbocycles. The minimum absolute atomic E-state index is 0.384. The van der Waals surface area contributed by atoms with Crippen molar-refractivity contribution in [3.05, 3.63) is 41.2 Å². The topological polar surface area (TPSA) is 37.8 Å². The van der Waals surface area contributed by atoms with Crippen molar-refractivity contribution in [2.45, 2.75) is 50.5 Å². The standard InChI is InChI=1S/C17H23N3S/c1-6-18-16-15(11(2)3)17(20-10-19-16)21-14-8-7-12(4)13(5)9-14/h7-11H,6H2,1-5H3,(H,18,19,20). The fraction of sp³-hybridized carbons (Fsp3) is 0.412. The summed E-state index contributed by atoms with van der Waals surface area (Å²) in [5.74, 6) is 1.34. The Morgan fingerprint density at radius 1 is 1.14 bits per heavy atom. The molecule has 1 aromatic heterocycles. The van der Waals surface area contributed by atoms with Crippen molar-refractivity contribution in [2.24, 2.45) is 0 Å². The van der Waals surface area contributed by atoms with Gasteiger partial charge in [0.1, 0.15) is 17.2 Å². The summed E-state index contributed by atoms with van der Waals surface area (Å²) >= 11 is 1.71. The molecule has 0 bridgehead atoms. The highest BCUT2D eigenvalue weighted by Gasteiger charge is 2.15. The smallest absolute Gasteiger partial charge is 0.133 e. The normalized spacial score (nSPS) is 11.0. The van der Waals surface area contributed by atoms with Gasteiger partial charge in [-0.2, -0.15) is 0 Å². The maximum absolute atomic E-state index is 4.50. The minimum Gasteiger partial charge on any atom is -0.370 e. The van der Waals surface area contributed by atoms with Gasteiger partial charge in [0, 0.05) is 17.0 Å². The van der Waals surface area contributed by atoms with Crippen LogP contribution in [-0.4, -0.2) is 16.5 Å². The van der Waals surface area contributed by atoms with Gasteiger partial charge in [-0.15, -0.1) is 0 Å². The van der Waals surface area contributed by atoms with Crippen LogP contribution in [0.25, 0.3) is 0 Å². The summed E-state index contributed by atoms with van der Waals surface area (Å²) in [5.41, 5.74) is 3.83. The summed E-state index contributed by atoms with van der Waals surface area (Å²) in [7, 11) is 0. The molecule has 0 atom stereocenters. The van der Waals surface area contributed by atoms with Crippen molar-refractivity contribution < 1.29 is 0 Å². The summed E-state index contributed by atoms with van der Waals surface area (Å²) < 4.78 is 0. The number of benzene rings is 1. The Hall–Kier alpha value is -1.55. The zero-order chi connectivity index (χ0) is 15.4. The Balaban J connectivity index is 2.38. The number of anilines is 1. The van der Waals surface area contributed by atoms with Gasteiger partial charge in [0.05, 0.1) is 0 Å². The number of nitrogens with one attached hydrogen (secondary N) is 1. The molecule has 0 unspecified atom stereocenters. The molecule has 21 heavy (non-hydrogen) atoms. The number of nitrogens with zero attached hydrogens (tertiary/aromatic N) is 2. The van der Waals surface area contributed by atoms with E-state index in [4.69, 9.17) is 0 Å². The van der Waals surface area contributed by atoms with Crippen LogP contribution in [0.1, 0.15) is 43.4 Å². The van der Waals surface area contributed by atoms with Crippen LogP contribution in [0.3, 0.4) is 0 Å². The largest absolute Gasteiger partial charge is 0.370 e. The van der Waals surface area contributed by atoms with Crippen LogP contribution in [0.15, 0.2) is 34.4 Å². The Morgan fingerprint density at radius 3 is 2.52 bits per heavy atom. The quantitative estimate of drug-likeness (QED) is 0.805. The Labute approximate surface area is 131 Å². The minimum atomic E-state index is 0.384. The van der Waals surface area contributed by atoms with Crippen LogP contribution >= 0.6 is 11.8 Å². The van der Waals surface area contributed by atoms with E-state index in [0.29, 0.717) is 5.92 Å². The summed E-state index contributed by atoms with van der Waals surface area (Å²) in [6.45, 7) is 11.6. The molecule has 0 aliphatic rings. The fourth-order valence-electron chi connectivity index (χ4n) is 2.18. The lowest BCUT2D eigenvalue weighted by Gasteiger charge is -2.16. The predicted octanol–water partition coefficient (Wildman–Crippen LogP) is 4.80. The van der Waals surface area contributed by atoms with E-state index in [2.05, 4.69) is 68.1 Å². The Kier molecular flexibility index (Phi) is 5.23. The molecule has 0 spiro atoms. The SMILES string of the molecule is CCNc1ncnc(Sc2ccc(C)c(C)c2)c1C(C)C. The van der Waals surface area contributed by atoms with E-state index in [9.17, 15) is 0 Å². The van der Waals surface area contributed by atoms with Crippen molar-refractivity contribution in [3.63, 3.8) is 0 Å². The molecule has 2 aromatic rings. The first-order valence-corrected chi connectivity index (χ1v) is 8.18. The second-order valence-corrected chi connectivity index (χ2v) is 6.54. The van der Waals surface area contributed by atoms with Crippen LogP contribution in [0.4, 0.5) is 5.82 Å². The summed E-state index contributed by atoms with van der Waals surface area (Å²) in [4.78, 5) is 10.1. The van der Waals surface area contributed by atoms with Gasteiger partial charge in [-0.25, -0.2) is 9.97 Å². The first-order chi connectivity index (χ1) is 10.0. The van der Waals surface area contributed by atoms with Gasteiger partial charge in [0.15, 0.2) is 0 Å². The summed E-state index contributed by atoms with van der Waals surface area (Å²) in [6, 6.07) is 6.55. The zero-order valence-electron chi connectivity index (χ0n) is 13.4. The molecule has 0 saturated carbocycles.